The van der Waals surface area contributed by atoms with Crippen LogP contribution in [0, 0.1) is 0 Å². The maximum Gasteiger partial charge on any atom is 0.410 e. The fourth-order valence-electron chi connectivity index (χ4n) is 6.85. The highest BCUT2D eigenvalue weighted by Gasteiger charge is 2.58. The molecule has 1 N–H and O–H groups in total. The smallest absolute Gasteiger partial charge is 0.410 e. The van der Waals surface area contributed by atoms with Crippen LogP contribution in [0.25, 0.3) is 11.2 Å². The van der Waals surface area contributed by atoms with Gasteiger partial charge in [-0.15, -0.1) is 0 Å². The van der Waals surface area contributed by atoms with E-state index in [4.69, 9.17) is 18.9 Å². The summed E-state index contributed by atoms with van der Waals surface area (Å²) >= 11 is 0. The van der Waals surface area contributed by atoms with E-state index in [2.05, 4.69) is 25.2 Å². The van der Waals surface area contributed by atoms with Crippen LogP contribution in [0.15, 0.2) is 43.0 Å². The van der Waals surface area contributed by atoms with Gasteiger partial charge in [-0.05, 0) is 59.6 Å². The molecule has 5 atom stereocenters. The predicted octanol–water partition coefficient (Wildman–Crippen LogP) is 3.58. The van der Waals surface area contributed by atoms with Gasteiger partial charge in [0.15, 0.2) is 29.0 Å². The number of fused-ring (bicyclic) bond motifs is 2. The molecular formula is C31H39N7O6. The van der Waals surface area contributed by atoms with Crippen LogP contribution in [-0.2, 0) is 18.9 Å². The summed E-state index contributed by atoms with van der Waals surface area (Å²) in [5.74, 6) is -0.759. The molecule has 0 radical (unpaired) electrons. The number of rotatable bonds is 5. The van der Waals surface area contributed by atoms with Crippen molar-refractivity contribution in [3.8, 4) is 0 Å². The van der Waals surface area contributed by atoms with Gasteiger partial charge in [-0.1, -0.05) is 18.2 Å². The van der Waals surface area contributed by atoms with E-state index in [1.165, 1.54) is 6.33 Å². The van der Waals surface area contributed by atoms with Crippen molar-refractivity contribution >= 4 is 29.0 Å². The molecule has 44 heavy (non-hydrogen) atoms. The molecule has 3 aromatic rings. The van der Waals surface area contributed by atoms with Crippen molar-refractivity contribution in [2.24, 2.45) is 0 Å². The molecule has 1 aromatic carbocycles. The van der Waals surface area contributed by atoms with E-state index in [9.17, 15) is 9.59 Å². The first-order chi connectivity index (χ1) is 20.9. The molecule has 4 saturated heterocycles. The fourth-order valence-corrected chi connectivity index (χ4v) is 6.85. The Balaban J connectivity index is 1.09. The number of nitrogens with one attached hydrogen (secondary N) is 1. The lowest BCUT2D eigenvalue weighted by Gasteiger charge is -2.50. The second-order valence-electron chi connectivity index (χ2n) is 13.6. The average molecular weight is 606 g/mol. The quantitative estimate of drug-likeness (QED) is 0.460. The lowest BCUT2D eigenvalue weighted by Crippen LogP contribution is -2.64. The Hall–Kier alpha value is -3.65. The van der Waals surface area contributed by atoms with E-state index >= 15 is 0 Å². The molecule has 2 amide bonds. The van der Waals surface area contributed by atoms with Gasteiger partial charge in [-0.25, -0.2) is 19.7 Å². The Morgan fingerprint density at radius 2 is 1.80 bits per heavy atom. The van der Waals surface area contributed by atoms with Crippen molar-refractivity contribution in [1.82, 2.24) is 29.3 Å². The molecule has 2 aromatic heterocycles. The molecule has 4 aliphatic rings. The molecule has 0 aliphatic carbocycles. The second-order valence-corrected chi connectivity index (χ2v) is 13.6. The third kappa shape index (κ3) is 5.21. The highest BCUT2D eigenvalue weighted by molar-refractivity contribution is 6.06. The third-order valence-corrected chi connectivity index (χ3v) is 8.86. The molecule has 4 fully saturated rings. The van der Waals surface area contributed by atoms with E-state index < -0.39 is 23.7 Å². The number of anilines is 1. The second kappa shape index (κ2) is 10.5. The molecule has 1 unspecified atom stereocenters. The minimum absolute atomic E-state index is 0.204. The highest BCUT2D eigenvalue weighted by Crippen LogP contribution is 2.45. The lowest BCUT2D eigenvalue weighted by molar-refractivity contribution is -0.197. The Bertz CT molecular complexity index is 1570. The number of carbonyl (C=O) groups excluding carboxylic acids is 2. The van der Waals surface area contributed by atoms with Crippen LogP contribution in [0.4, 0.5) is 10.6 Å². The summed E-state index contributed by atoms with van der Waals surface area (Å²) in [6, 6.07) is 8.94. The Morgan fingerprint density at radius 1 is 1.05 bits per heavy atom. The summed E-state index contributed by atoms with van der Waals surface area (Å²) in [5, 5.41) is 2.86. The maximum absolute atomic E-state index is 12.9. The summed E-state index contributed by atoms with van der Waals surface area (Å²) in [7, 11) is 0. The number of carbonyl (C=O) groups is 2. The zero-order chi connectivity index (χ0) is 30.9. The van der Waals surface area contributed by atoms with E-state index in [0.717, 1.165) is 25.9 Å². The van der Waals surface area contributed by atoms with Crippen LogP contribution in [0.3, 0.4) is 0 Å². The Labute approximate surface area is 255 Å². The standard InChI is InChI=1S/C31H39N7O6/c1-29(2,3)44-28(40)38-14-12-31(38)11-13-36(16-31)15-20-22-23(43-30(4,5)42-22)27(41-20)37-18-34-21-24(32-17-33-25(21)37)35-26(39)19-9-7-6-8-10-19/h6-10,17-18,20,22-23,27H,11-16H2,1-5H3,(H,32,33,35,39)/t20-,22-,23-,27-,31?/m1/s1. The normalized spacial score (nSPS) is 29.6. The first kappa shape index (κ1) is 29.1. The van der Waals surface area contributed by atoms with Gasteiger partial charge in [-0.2, -0.15) is 0 Å². The Morgan fingerprint density at radius 3 is 2.52 bits per heavy atom. The number of ether oxygens (including phenoxy) is 4. The molecule has 6 heterocycles. The van der Waals surface area contributed by atoms with Crippen LogP contribution in [0.2, 0.25) is 0 Å². The number of imidazole rings is 1. The van der Waals surface area contributed by atoms with Crippen molar-refractivity contribution in [3.05, 3.63) is 48.5 Å². The number of hydrogen-bond donors (Lipinski definition) is 1. The van der Waals surface area contributed by atoms with Gasteiger partial charge in [-0.3, -0.25) is 14.3 Å². The number of likely N-dealkylation sites (tertiary alicyclic amines) is 2. The number of aromatic nitrogens is 4. The molecule has 1 spiro atoms. The maximum atomic E-state index is 12.9. The first-order valence-corrected chi connectivity index (χ1v) is 15.2. The summed E-state index contributed by atoms with van der Waals surface area (Å²) in [5.41, 5.74) is 0.749. The van der Waals surface area contributed by atoms with E-state index in [-0.39, 0.29) is 29.7 Å². The van der Waals surface area contributed by atoms with E-state index in [1.807, 2.05) is 50.2 Å². The summed E-state index contributed by atoms with van der Waals surface area (Å²) in [4.78, 5) is 43.3. The fraction of sp³-hybridized carbons (Fsp3) is 0.581. The van der Waals surface area contributed by atoms with Crippen molar-refractivity contribution in [3.63, 3.8) is 0 Å². The monoisotopic (exact) mass is 605 g/mol. The minimum Gasteiger partial charge on any atom is -0.444 e. The van der Waals surface area contributed by atoms with Crippen molar-refractivity contribution in [1.29, 1.82) is 0 Å². The number of hydrogen-bond acceptors (Lipinski definition) is 10. The van der Waals surface area contributed by atoms with Crippen LogP contribution in [0.1, 0.15) is 64.0 Å². The van der Waals surface area contributed by atoms with Gasteiger partial charge in [0.1, 0.15) is 30.2 Å². The highest BCUT2D eigenvalue weighted by atomic mass is 16.8. The topological polar surface area (TPSA) is 133 Å². The molecule has 0 bridgehead atoms. The van der Waals surface area contributed by atoms with E-state index in [0.29, 0.717) is 35.6 Å². The minimum atomic E-state index is -0.788. The van der Waals surface area contributed by atoms with Gasteiger partial charge in [0.05, 0.1) is 11.9 Å². The number of nitrogens with zero attached hydrogens (tertiary/aromatic N) is 6. The van der Waals surface area contributed by atoms with Gasteiger partial charge in [0, 0.05) is 31.7 Å². The first-order valence-electron chi connectivity index (χ1n) is 15.2. The number of benzene rings is 1. The molecule has 13 heteroatoms. The van der Waals surface area contributed by atoms with Gasteiger partial charge in [0.25, 0.3) is 5.91 Å². The summed E-state index contributed by atoms with van der Waals surface area (Å²) in [6.45, 7) is 12.4. The van der Waals surface area contributed by atoms with Gasteiger partial charge >= 0.3 is 6.09 Å². The molecule has 4 aliphatic heterocycles. The molecule has 7 rings (SSSR count). The molecular weight excluding hydrogens is 566 g/mol. The summed E-state index contributed by atoms with van der Waals surface area (Å²) in [6.07, 6.45) is 3.10. The molecule has 13 nitrogen and oxygen atoms in total. The van der Waals surface area contributed by atoms with Crippen molar-refractivity contribution in [2.75, 3.05) is 31.5 Å². The third-order valence-electron chi connectivity index (χ3n) is 8.86. The average Bonchev–Trinajstić information content (AvgIpc) is 3.71. The predicted molar refractivity (Wildman–Crippen MR) is 159 cm³/mol. The zero-order valence-corrected chi connectivity index (χ0v) is 25.7. The zero-order valence-electron chi connectivity index (χ0n) is 25.7. The van der Waals surface area contributed by atoms with Crippen LogP contribution >= 0.6 is 0 Å². The van der Waals surface area contributed by atoms with Crippen molar-refractivity contribution in [2.45, 2.75) is 88.9 Å². The van der Waals surface area contributed by atoms with Gasteiger partial charge < -0.3 is 29.2 Å². The molecule has 0 saturated carbocycles. The lowest BCUT2D eigenvalue weighted by atomic mass is 9.84. The summed E-state index contributed by atoms with van der Waals surface area (Å²) < 4.78 is 26.9. The van der Waals surface area contributed by atoms with E-state index in [1.54, 1.807) is 30.6 Å². The van der Waals surface area contributed by atoms with Crippen molar-refractivity contribution < 1.29 is 28.5 Å². The van der Waals surface area contributed by atoms with Gasteiger partial charge in [0.2, 0.25) is 0 Å². The van der Waals surface area contributed by atoms with Crippen LogP contribution in [-0.4, -0.2) is 103 Å². The number of amides is 2. The van der Waals surface area contributed by atoms with Crippen LogP contribution in [0.5, 0.6) is 0 Å². The largest absolute Gasteiger partial charge is 0.444 e. The molecule has 234 valence electrons. The SMILES string of the molecule is CC(C)(C)OC(=O)N1CCC12CCN(C[C@H]1O[C@@H](n3cnc4c(NC(=O)c5ccccc5)ncnc43)[C@@H]3OC(C)(C)O[C@@H]31)C2. The van der Waals surface area contributed by atoms with Crippen LogP contribution < -0.4 is 5.32 Å². The Kier molecular flexibility index (Phi) is 6.92.